The molecule has 1 aliphatic carbocycles. The van der Waals surface area contributed by atoms with Crippen molar-refractivity contribution in [1.29, 1.82) is 0 Å². The van der Waals surface area contributed by atoms with Crippen molar-refractivity contribution in [1.82, 2.24) is 5.32 Å². The zero-order chi connectivity index (χ0) is 12.3. The summed E-state index contributed by atoms with van der Waals surface area (Å²) in [6.45, 7) is 2.02. The molecule has 3 nitrogen and oxygen atoms in total. The lowest BCUT2D eigenvalue weighted by atomic mass is 10.2. The minimum Gasteiger partial charge on any atom is -0.398 e. The Kier molecular flexibility index (Phi) is 3.94. The molecule has 1 fully saturated rings. The number of carbonyl (C=O) groups excluding carboxylic acids is 1. The normalized spacial score (nSPS) is 14.6. The van der Waals surface area contributed by atoms with Crippen molar-refractivity contribution in [2.45, 2.75) is 37.1 Å². The third kappa shape index (κ3) is 3.97. The number of rotatable bonds is 5. The molecule has 1 amide bonds. The van der Waals surface area contributed by atoms with Crippen LogP contribution < -0.4 is 11.1 Å². The van der Waals surface area contributed by atoms with E-state index in [0.29, 0.717) is 12.5 Å². The monoisotopic (exact) mass is 250 g/mol. The van der Waals surface area contributed by atoms with Crippen LogP contribution in [-0.4, -0.2) is 17.7 Å². The van der Waals surface area contributed by atoms with Crippen LogP contribution >= 0.6 is 11.8 Å². The van der Waals surface area contributed by atoms with Crippen molar-refractivity contribution in [2.24, 2.45) is 0 Å². The molecule has 1 aromatic carbocycles. The van der Waals surface area contributed by atoms with Gasteiger partial charge in [-0.2, -0.15) is 0 Å². The summed E-state index contributed by atoms with van der Waals surface area (Å²) in [5, 5.41) is 2.98. The Labute approximate surface area is 106 Å². The molecule has 0 bridgehead atoms. The molecule has 92 valence electrons. The molecule has 0 aromatic heterocycles. The summed E-state index contributed by atoms with van der Waals surface area (Å²) in [5.41, 5.74) is 7.88. The van der Waals surface area contributed by atoms with E-state index in [9.17, 15) is 4.79 Å². The van der Waals surface area contributed by atoms with Gasteiger partial charge in [-0.3, -0.25) is 4.79 Å². The maximum absolute atomic E-state index is 11.5. The quantitative estimate of drug-likeness (QED) is 0.623. The second-order valence-corrected chi connectivity index (χ2v) is 5.62. The van der Waals surface area contributed by atoms with E-state index in [4.69, 9.17) is 5.73 Å². The molecule has 0 unspecified atom stereocenters. The Bertz CT molecular complexity index is 416. The fraction of sp³-hybridized carbons (Fsp3) is 0.462. The fourth-order valence-corrected chi connectivity index (χ4v) is 2.48. The van der Waals surface area contributed by atoms with Crippen molar-refractivity contribution in [3.8, 4) is 0 Å². The van der Waals surface area contributed by atoms with E-state index in [2.05, 4.69) is 5.32 Å². The van der Waals surface area contributed by atoms with Gasteiger partial charge in [-0.15, -0.1) is 11.8 Å². The Morgan fingerprint density at radius 2 is 2.29 bits per heavy atom. The van der Waals surface area contributed by atoms with Crippen molar-refractivity contribution < 1.29 is 4.79 Å². The number of nitrogens with one attached hydrogen (secondary N) is 1. The molecular formula is C13H18N2OS. The molecule has 0 heterocycles. The highest BCUT2D eigenvalue weighted by molar-refractivity contribution is 7.99. The number of aryl methyl sites for hydroxylation is 1. The van der Waals surface area contributed by atoms with E-state index in [1.165, 1.54) is 5.56 Å². The summed E-state index contributed by atoms with van der Waals surface area (Å²) >= 11 is 1.65. The van der Waals surface area contributed by atoms with Crippen LogP contribution in [0, 0.1) is 6.92 Å². The summed E-state index contributed by atoms with van der Waals surface area (Å²) in [5.74, 6) is 0.942. The van der Waals surface area contributed by atoms with Gasteiger partial charge in [0.1, 0.15) is 0 Å². The van der Waals surface area contributed by atoms with E-state index in [1.54, 1.807) is 11.8 Å². The summed E-state index contributed by atoms with van der Waals surface area (Å²) in [6, 6.07) is 6.49. The number of hydrogen-bond donors (Lipinski definition) is 2. The van der Waals surface area contributed by atoms with Gasteiger partial charge in [-0.1, -0.05) is 6.07 Å². The van der Waals surface area contributed by atoms with Crippen LogP contribution in [0.25, 0.3) is 0 Å². The Balaban J connectivity index is 1.75. The van der Waals surface area contributed by atoms with Gasteiger partial charge in [0.15, 0.2) is 0 Å². The maximum Gasteiger partial charge on any atom is 0.221 e. The molecule has 0 aliphatic heterocycles. The summed E-state index contributed by atoms with van der Waals surface area (Å²) < 4.78 is 0. The Morgan fingerprint density at radius 3 is 2.94 bits per heavy atom. The van der Waals surface area contributed by atoms with Gasteiger partial charge in [0.25, 0.3) is 0 Å². The van der Waals surface area contributed by atoms with Crippen LogP contribution in [0.2, 0.25) is 0 Å². The molecular weight excluding hydrogens is 232 g/mol. The predicted octanol–water partition coefficient (Wildman–Crippen LogP) is 2.34. The summed E-state index contributed by atoms with van der Waals surface area (Å²) in [6.07, 6.45) is 2.85. The predicted molar refractivity (Wildman–Crippen MR) is 72.1 cm³/mol. The molecule has 1 aliphatic rings. The Morgan fingerprint density at radius 1 is 1.53 bits per heavy atom. The van der Waals surface area contributed by atoms with Crippen molar-refractivity contribution in [3.05, 3.63) is 23.8 Å². The lowest BCUT2D eigenvalue weighted by Gasteiger charge is -2.06. The lowest BCUT2D eigenvalue weighted by molar-refractivity contribution is -0.120. The number of amides is 1. The second kappa shape index (κ2) is 5.45. The van der Waals surface area contributed by atoms with Gasteiger partial charge in [-0.25, -0.2) is 0 Å². The van der Waals surface area contributed by atoms with Crippen LogP contribution in [0.4, 0.5) is 5.69 Å². The molecule has 17 heavy (non-hydrogen) atoms. The van der Waals surface area contributed by atoms with E-state index in [0.717, 1.165) is 29.2 Å². The molecule has 1 saturated carbocycles. The molecule has 1 aromatic rings. The number of nitrogen functional groups attached to an aromatic ring is 1. The smallest absolute Gasteiger partial charge is 0.221 e. The van der Waals surface area contributed by atoms with E-state index in [-0.39, 0.29) is 5.91 Å². The number of nitrogens with two attached hydrogens (primary N) is 1. The van der Waals surface area contributed by atoms with E-state index in [1.807, 2.05) is 25.1 Å². The molecule has 0 radical (unpaired) electrons. The zero-order valence-corrected chi connectivity index (χ0v) is 10.8. The first kappa shape index (κ1) is 12.3. The number of thioether (sulfide) groups is 1. The topological polar surface area (TPSA) is 55.1 Å². The SMILES string of the molecule is Cc1ccc(SCCC(=O)NC2CC2)c(N)c1. The van der Waals surface area contributed by atoms with Crippen molar-refractivity contribution >= 4 is 23.4 Å². The first-order valence-corrected chi connectivity index (χ1v) is 6.92. The van der Waals surface area contributed by atoms with Gasteiger partial charge in [-0.05, 0) is 37.5 Å². The van der Waals surface area contributed by atoms with Crippen LogP contribution in [0.1, 0.15) is 24.8 Å². The maximum atomic E-state index is 11.5. The average molecular weight is 250 g/mol. The van der Waals surface area contributed by atoms with Crippen molar-refractivity contribution in [3.63, 3.8) is 0 Å². The molecule has 3 N–H and O–H groups in total. The minimum atomic E-state index is 0.158. The highest BCUT2D eigenvalue weighted by Gasteiger charge is 2.22. The van der Waals surface area contributed by atoms with Gasteiger partial charge < -0.3 is 11.1 Å². The van der Waals surface area contributed by atoms with Gasteiger partial charge in [0, 0.05) is 28.8 Å². The number of anilines is 1. The molecule has 0 atom stereocenters. The van der Waals surface area contributed by atoms with Gasteiger partial charge >= 0.3 is 0 Å². The number of carbonyl (C=O) groups is 1. The minimum absolute atomic E-state index is 0.158. The van der Waals surface area contributed by atoms with Crippen LogP contribution in [0.5, 0.6) is 0 Å². The highest BCUT2D eigenvalue weighted by atomic mass is 32.2. The zero-order valence-electron chi connectivity index (χ0n) is 10.0. The summed E-state index contributed by atoms with van der Waals surface area (Å²) in [4.78, 5) is 12.5. The standard InChI is InChI=1S/C13H18N2OS/c1-9-2-5-12(11(14)8-9)17-7-6-13(16)15-10-3-4-10/h2,5,8,10H,3-4,6-7,14H2,1H3,(H,15,16). The summed E-state index contributed by atoms with van der Waals surface area (Å²) in [7, 11) is 0. The first-order chi connectivity index (χ1) is 8.15. The number of hydrogen-bond acceptors (Lipinski definition) is 3. The van der Waals surface area contributed by atoms with E-state index < -0.39 is 0 Å². The molecule has 0 saturated heterocycles. The largest absolute Gasteiger partial charge is 0.398 e. The first-order valence-electron chi connectivity index (χ1n) is 5.93. The molecule has 2 rings (SSSR count). The second-order valence-electron chi connectivity index (χ2n) is 4.48. The average Bonchev–Trinajstić information content (AvgIpc) is 3.05. The number of benzene rings is 1. The fourth-order valence-electron chi connectivity index (χ4n) is 1.58. The molecule has 0 spiro atoms. The molecule has 4 heteroatoms. The van der Waals surface area contributed by atoms with Crippen LogP contribution in [0.3, 0.4) is 0 Å². The highest BCUT2D eigenvalue weighted by Crippen LogP contribution is 2.26. The van der Waals surface area contributed by atoms with Crippen molar-refractivity contribution in [2.75, 3.05) is 11.5 Å². The van der Waals surface area contributed by atoms with Gasteiger partial charge in [0.2, 0.25) is 5.91 Å². The Hall–Kier alpha value is -1.16. The third-order valence-corrected chi connectivity index (χ3v) is 3.79. The van der Waals surface area contributed by atoms with Crippen LogP contribution in [0.15, 0.2) is 23.1 Å². The van der Waals surface area contributed by atoms with E-state index >= 15 is 0 Å². The third-order valence-electron chi connectivity index (χ3n) is 2.69. The lowest BCUT2D eigenvalue weighted by Crippen LogP contribution is -2.25. The van der Waals surface area contributed by atoms with Crippen LogP contribution in [-0.2, 0) is 4.79 Å². The van der Waals surface area contributed by atoms with Gasteiger partial charge in [0.05, 0.1) is 0 Å².